The second kappa shape index (κ2) is 13.7. The van der Waals surface area contributed by atoms with E-state index in [-0.39, 0.29) is 5.84 Å². The number of aromatic nitrogens is 2. The highest BCUT2D eigenvalue weighted by Crippen LogP contribution is 2.34. The molecule has 1 aliphatic rings. The van der Waals surface area contributed by atoms with Gasteiger partial charge in [0.05, 0.1) is 38.3 Å². The molecule has 208 valence electrons. The van der Waals surface area contributed by atoms with Crippen LogP contribution in [0.25, 0.3) is 10.9 Å². The van der Waals surface area contributed by atoms with Gasteiger partial charge in [-0.05, 0) is 37.5 Å². The van der Waals surface area contributed by atoms with E-state index in [4.69, 9.17) is 25.4 Å². The molecule has 2 heterocycles. The molecule has 0 aliphatic carbocycles. The topological polar surface area (TPSA) is 143 Å². The van der Waals surface area contributed by atoms with E-state index in [2.05, 4.69) is 30.5 Å². The van der Waals surface area contributed by atoms with Gasteiger partial charge in [0, 0.05) is 49.7 Å². The zero-order valence-electron chi connectivity index (χ0n) is 22.9. The van der Waals surface area contributed by atoms with Gasteiger partial charge in [-0.1, -0.05) is 18.2 Å². The van der Waals surface area contributed by atoms with Gasteiger partial charge in [0.2, 0.25) is 5.96 Å². The lowest BCUT2D eigenvalue weighted by Crippen LogP contribution is -2.37. The average Bonchev–Trinajstić information content (AvgIpc) is 2.93. The molecule has 1 aromatic heterocycles. The van der Waals surface area contributed by atoms with E-state index in [1.165, 1.54) is 6.33 Å². The van der Waals surface area contributed by atoms with Crippen molar-refractivity contribution >= 4 is 34.2 Å². The number of amidine groups is 1. The number of ether oxygens (including phenoxy) is 3. The number of morpholine rings is 1. The van der Waals surface area contributed by atoms with Crippen molar-refractivity contribution in [3.05, 3.63) is 47.8 Å². The van der Waals surface area contributed by atoms with Gasteiger partial charge in [-0.25, -0.2) is 9.97 Å². The molecule has 0 unspecified atom stereocenters. The van der Waals surface area contributed by atoms with Gasteiger partial charge >= 0.3 is 0 Å². The first-order chi connectivity index (χ1) is 18.9. The summed E-state index contributed by atoms with van der Waals surface area (Å²) in [5, 5.41) is 15.0. The van der Waals surface area contributed by atoms with Crippen molar-refractivity contribution < 1.29 is 14.2 Å². The number of rotatable bonds is 11. The largest absolute Gasteiger partial charge is 0.493 e. The molecular formula is C28H38N8O3. The predicted octanol–water partition coefficient (Wildman–Crippen LogP) is 3.56. The van der Waals surface area contributed by atoms with E-state index in [1.54, 1.807) is 7.11 Å². The summed E-state index contributed by atoms with van der Waals surface area (Å²) in [6, 6.07) is 9.84. The number of methoxy groups -OCH3 is 1. The molecule has 1 aliphatic heterocycles. The number of hydrogen-bond donors (Lipinski definition) is 4. The third kappa shape index (κ3) is 7.78. The molecule has 1 fully saturated rings. The van der Waals surface area contributed by atoms with Crippen molar-refractivity contribution in [2.75, 3.05) is 63.7 Å². The van der Waals surface area contributed by atoms with Crippen LogP contribution in [0, 0.1) is 19.3 Å². The number of nitrogens with one attached hydrogen (secondary N) is 3. The second-order valence-corrected chi connectivity index (χ2v) is 9.42. The minimum atomic E-state index is 0.0832. The molecular weight excluding hydrogens is 496 g/mol. The number of fused-ring (bicyclic) bond motifs is 1. The summed E-state index contributed by atoms with van der Waals surface area (Å²) >= 11 is 0. The Balaban J connectivity index is 1.53. The fourth-order valence-electron chi connectivity index (χ4n) is 4.37. The monoisotopic (exact) mass is 534 g/mol. The van der Waals surface area contributed by atoms with E-state index in [0.29, 0.717) is 48.4 Å². The standard InChI is InChI=1S/C28H38N8O3/c1-19-6-4-7-20(2)26(19)34-28(31-9-8-25(29)30)35-27-21-16-23(37-3)24(17-22(21)32-18-33-27)39-13-5-10-36-11-14-38-15-12-36/h4,6-7,16-18H,5,8-15H2,1-3H3,(H3,29,30)(H2,31,32,33,34,35). The highest BCUT2D eigenvalue weighted by molar-refractivity contribution is 6.08. The lowest BCUT2D eigenvalue weighted by atomic mass is 10.1. The molecule has 11 heteroatoms. The Labute approximate surface area is 229 Å². The highest BCUT2D eigenvalue weighted by atomic mass is 16.5. The van der Waals surface area contributed by atoms with Crippen molar-refractivity contribution in [2.45, 2.75) is 26.7 Å². The highest BCUT2D eigenvalue weighted by Gasteiger charge is 2.15. The van der Waals surface area contributed by atoms with Gasteiger partial charge in [0.15, 0.2) is 11.5 Å². The first-order valence-corrected chi connectivity index (χ1v) is 13.2. The number of guanidine groups is 1. The maximum atomic E-state index is 7.55. The van der Waals surface area contributed by atoms with Crippen molar-refractivity contribution in [3.63, 3.8) is 0 Å². The van der Waals surface area contributed by atoms with Crippen LogP contribution >= 0.6 is 0 Å². The van der Waals surface area contributed by atoms with Crippen molar-refractivity contribution in [3.8, 4) is 11.5 Å². The minimum Gasteiger partial charge on any atom is -0.493 e. The van der Waals surface area contributed by atoms with Gasteiger partial charge in [0.1, 0.15) is 12.1 Å². The molecule has 0 atom stereocenters. The van der Waals surface area contributed by atoms with Crippen LogP contribution in [-0.2, 0) is 4.74 Å². The van der Waals surface area contributed by atoms with Gasteiger partial charge in [-0.15, -0.1) is 0 Å². The van der Waals surface area contributed by atoms with Crippen molar-refractivity contribution in [2.24, 2.45) is 10.7 Å². The van der Waals surface area contributed by atoms with Gasteiger partial charge < -0.3 is 30.6 Å². The molecule has 0 saturated carbocycles. The summed E-state index contributed by atoms with van der Waals surface area (Å²) in [6.07, 6.45) is 2.76. The molecule has 39 heavy (non-hydrogen) atoms. The third-order valence-electron chi connectivity index (χ3n) is 6.51. The number of hydrogen-bond acceptors (Lipinski definition) is 8. The SMILES string of the molecule is COc1cc2c(NC(=NCCC(=N)N)Nc3c(C)cccc3C)ncnc2cc1OCCCN1CCOCC1. The fraction of sp³-hybridized carbons (Fsp3) is 0.429. The van der Waals surface area contributed by atoms with Crippen molar-refractivity contribution in [1.29, 1.82) is 5.41 Å². The summed E-state index contributed by atoms with van der Waals surface area (Å²) in [4.78, 5) is 16.0. The summed E-state index contributed by atoms with van der Waals surface area (Å²) in [6.45, 7) is 9.47. The first-order valence-electron chi connectivity index (χ1n) is 13.2. The smallest absolute Gasteiger partial charge is 0.201 e. The number of benzene rings is 2. The fourth-order valence-corrected chi connectivity index (χ4v) is 4.37. The van der Waals surface area contributed by atoms with Crippen LogP contribution in [0.5, 0.6) is 11.5 Å². The Morgan fingerprint density at radius 1 is 1.13 bits per heavy atom. The number of aliphatic imine (C=N–C) groups is 1. The van der Waals surface area contributed by atoms with E-state index in [1.807, 2.05) is 44.2 Å². The number of para-hydroxylation sites is 1. The van der Waals surface area contributed by atoms with Crippen LogP contribution in [0.4, 0.5) is 11.5 Å². The van der Waals surface area contributed by atoms with E-state index in [9.17, 15) is 0 Å². The maximum absolute atomic E-state index is 7.55. The van der Waals surface area contributed by atoms with Crippen LogP contribution < -0.4 is 25.8 Å². The summed E-state index contributed by atoms with van der Waals surface area (Å²) in [5.74, 6) is 2.39. The molecule has 3 aromatic rings. The van der Waals surface area contributed by atoms with Crippen molar-refractivity contribution in [1.82, 2.24) is 14.9 Å². The van der Waals surface area contributed by atoms with E-state index in [0.717, 1.165) is 61.5 Å². The van der Waals surface area contributed by atoms with Crippen LogP contribution in [0.3, 0.4) is 0 Å². The maximum Gasteiger partial charge on any atom is 0.201 e. The molecule has 0 spiro atoms. The average molecular weight is 535 g/mol. The second-order valence-electron chi connectivity index (χ2n) is 9.42. The molecule has 5 N–H and O–H groups in total. The van der Waals surface area contributed by atoms with Gasteiger partial charge in [-0.2, -0.15) is 0 Å². The number of aryl methyl sites for hydroxylation is 2. The molecule has 11 nitrogen and oxygen atoms in total. The number of nitrogens with zero attached hydrogens (tertiary/aromatic N) is 4. The Morgan fingerprint density at radius 3 is 2.62 bits per heavy atom. The molecule has 4 rings (SSSR count). The summed E-state index contributed by atoms with van der Waals surface area (Å²) in [7, 11) is 1.62. The van der Waals surface area contributed by atoms with Crippen LogP contribution in [0.15, 0.2) is 41.7 Å². The van der Waals surface area contributed by atoms with Crippen LogP contribution in [-0.4, -0.2) is 79.8 Å². The summed E-state index contributed by atoms with van der Waals surface area (Å²) < 4.78 is 17.2. The zero-order chi connectivity index (χ0) is 27.6. The summed E-state index contributed by atoms with van der Waals surface area (Å²) in [5.41, 5.74) is 9.39. The van der Waals surface area contributed by atoms with Crippen LogP contribution in [0.1, 0.15) is 24.0 Å². The Morgan fingerprint density at radius 2 is 1.90 bits per heavy atom. The first kappa shape index (κ1) is 28.1. The Hall–Kier alpha value is -3.96. The molecule has 2 aromatic carbocycles. The van der Waals surface area contributed by atoms with Gasteiger partial charge in [0.25, 0.3) is 0 Å². The lowest BCUT2D eigenvalue weighted by molar-refractivity contribution is 0.0357. The van der Waals surface area contributed by atoms with E-state index >= 15 is 0 Å². The molecule has 1 saturated heterocycles. The quantitative estimate of drug-likeness (QED) is 0.165. The third-order valence-corrected chi connectivity index (χ3v) is 6.51. The lowest BCUT2D eigenvalue weighted by Gasteiger charge is -2.26. The Bertz CT molecular complexity index is 1290. The van der Waals surface area contributed by atoms with E-state index < -0.39 is 0 Å². The Kier molecular flexibility index (Phi) is 9.87. The van der Waals surface area contributed by atoms with Crippen LogP contribution in [0.2, 0.25) is 0 Å². The minimum absolute atomic E-state index is 0.0832. The molecule has 0 bridgehead atoms. The van der Waals surface area contributed by atoms with Gasteiger partial charge in [-0.3, -0.25) is 15.3 Å². The normalized spacial score (nSPS) is 14.3. The number of nitrogens with two attached hydrogens (primary N) is 1. The molecule has 0 radical (unpaired) electrons. The zero-order valence-corrected chi connectivity index (χ0v) is 22.9. The predicted molar refractivity (Wildman–Crippen MR) is 155 cm³/mol. The number of anilines is 2. The molecule has 0 amide bonds.